The van der Waals surface area contributed by atoms with E-state index in [9.17, 15) is 18.0 Å². The molecule has 148 valence electrons. The predicted octanol–water partition coefficient (Wildman–Crippen LogP) is 3.52. The Kier molecular flexibility index (Phi) is 7.78. The minimum absolute atomic E-state index is 0.0576. The zero-order valence-corrected chi connectivity index (χ0v) is 16.5. The van der Waals surface area contributed by atoms with Gasteiger partial charge in [0.05, 0.1) is 12.2 Å². The highest BCUT2D eigenvalue weighted by Crippen LogP contribution is 2.11. The summed E-state index contributed by atoms with van der Waals surface area (Å²) in [5.74, 6) is -1.33. The van der Waals surface area contributed by atoms with Crippen LogP contribution in [0.2, 0.25) is 5.02 Å². The fraction of sp³-hybridized carbons (Fsp3) is 0.200. The average Bonchev–Trinajstić information content (AvgIpc) is 2.66. The van der Waals surface area contributed by atoms with Crippen molar-refractivity contribution in [2.24, 2.45) is 0 Å². The molecule has 8 heteroatoms. The van der Waals surface area contributed by atoms with Crippen LogP contribution in [0.3, 0.4) is 0 Å². The first-order valence-corrected chi connectivity index (χ1v) is 10.5. The molecule has 0 aliphatic rings. The highest BCUT2D eigenvalue weighted by atomic mass is 35.5. The summed E-state index contributed by atoms with van der Waals surface area (Å²) in [6, 6.07) is 13.5. The number of Topliss-reactive ketones (excluding diaryl/α,β-unsaturated/α-hetero) is 1. The maximum absolute atomic E-state index is 12.1. The Morgan fingerprint density at radius 2 is 1.64 bits per heavy atom. The van der Waals surface area contributed by atoms with Crippen molar-refractivity contribution in [1.82, 2.24) is 4.72 Å². The molecule has 0 aliphatic heterocycles. The van der Waals surface area contributed by atoms with Crippen molar-refractivity contribution in [3.05, 3.63) is 76.4 Å². The summed E-state index contributed by atoms with van der Waals surface area (Å²) in [4.78, 5) is 22.3. The quantitative estimate of drug-likeness (QED) is 0.571. The minimum Gasteiger partial charge on any atom is -0.481 e. The van der Waals surface area contributed by atoms with E-state index < -0.39 is 16.0 Å². The van der Waals surface area contributed by atoms with Gasteiger partial charge in [-0.05, 0) is 35.8 Å². The number of carbonyl (C=O) groups is 2. The van der Waals surface area contributed by atoms with Crippen molar-refractivity contribution in [2.75, 3.05) is 5.75 Å². The van der Waals surface area contributed by atoms with Gasteiger partial charge in [-0.2, -0.15) is 0 Å². The second-order valence-electron chi connectivity index (χ2n) is 6.09. The fourth-order valence-electron chi connectivity index (χ4n) is 2.34. The topological polar surface area (TPSA) is 101 Å². The summed E-state index contributed by atoms with van der Waals surface area (Å²) in [7, 11) is -3.48. The number of carbonyl (C=O) groups excluding carboxylic acids is 1. The number of benzene rings is 2. The number of halogens is 1. The van der Waals surface area contributed by atoms with Gasteiger partial charge in [0.1, 0.15) is 0 Å². The number of sulfonamides is 1. The van der Waals surface area contributed by atoms with Crippen LogP contribution >= 0.6 is 11.6 Å². The monoisotopic (exact) mass is 421 g/mol. The molecule has 0 unspecified atom stereocenters. The minimum atomic E-state index is -3.48. The third-order valence-corrected chi connectivity index (χ3v) is 5.38. The second-order valence-corrected chi connectivity index (χ2v) is 8.40. The number of aliphatic carboxylic acids is 1. The number of rotatable bonds is 10. The first-order valence-electron chi connectivity index (χ1n) is 8.51. The maximum Gasteiger partial charge on any atom is 0.303 e. The number of hydrogen-bond donors (Lipinski definition) is 2. The van der Waals surface area contributed by atoms with E-state index in [1.165, 1.54) is 6.20 Å². The van der Waals surface area contributed by atoms with Gasteiger partial charge in [0.15, 0.2) is 5.78 Å². The lowest BCUT2D eigenvalue weighted by Crippen LogP contribution is -2.22. The van der Waals surface area contributed by atoms with E-state index in [2.05, 4.69) is 4.72 Å². The van der Waals surface area contributed by atoms with Crippen molar-refractivity contribution in [3.63, 3.8) is 0 Å². The van der Waals surface area contributed by atoms with Gasteiger partial charge in [-0.25, -0.2) is 8.42 Å². The third kappa shape index (κ3) is 7.54. The number of carboxylic acids is 1. The molecule has 0 radical (unpaired) electrons. The third-order valence-electron chi connectivity index (χ3n) is 3.89. The van der Waals surface area contributed by atoms with Crippen LogP contribution in [0.5, 0.6) is 0 Å². The van der Waals surface area contributed by atoms with Crippen LogP contribution in [-0.2, 0) is 21.2 Å². The lowest BCUT2D eigenvalue weighted by molar-refractivity contribution is -0.136. The van der Waals surface area contributed by atoms with Crippen molar-refractivity contribution < 1.29 is 23.1 Å². The van der Waals surface area contributed by atoms with Gasteiger partial charge in [-0.3, -0.25) is 14.3 Å². The zero-order chi connectivity index (χ0) is 20.6. The molecular weight excluding hydrogens is 402 g/mol. The molecule has 2 rings (SSSR count). The summed E-state index contributed by atoms with van der Waals surface area (Å²) in [6.45, 7) is 0. The van der Waals surface area contributed by atoms with Gasteiger partial charge in [0.25, 0.3) is 0 Å². The van der Waals surface area contributed by atoms with Gasteiger partial charge in [0.2, 0.25) is 10.0 Å². The number of nitrogens with one attached hydrogen (secondary N) is 1. The Bertz CT molecular complexity index is 951. The molecule has 0 atom stereocenters. The SMILES string of the molecule is O=C(O)CCC(=O)c1ccc(C=CNS(=O)(=O)CCc2ccc(Cl)cc2)cc1. The Morgan fingerprint density at radius 3 is 2.25 bits per heavy atom. The van der Waals surface area contributed by atoms with E-state index in [1.54, 1.807) is 54.6 Å². The Labute approximate surface area is 168 Å². The Morgan fingerprint density at radius 1 is 1.00 bits per heavy atom. The highest BCUT2D eigenvalue weighted by Gasteiger charge is 2.09. The van der Waals surface area contributed by atoms with E-state index in [-0.39, 0.29) is 24.4 Å². The van der Waals surface area contributed by atoms with Crippen LogP contribution < -0.4 is 4.72 Å². The van der Waals surface area contributed by atoms with Gasteiger partial charge in [-0.15, -0.1) is 0 Å². The van der Waals surface area contributed by atoms with Crippen molar-refractivity contribution in [3.8, 4) is 0 Å². The molecule has 0 aliphatic carbocycles. The normalized spacial score (nSPS) is 11.5. The smallest absolute Gasteiger partial charge is 0.303 e. The molecule has 6 nitrogen and oxygen atoms in total. The molecule has 0 heterocycles. The Hall–Kier alpha value is -2.64. The van der Waals surface area contributed by atoms with Crippen molar-refractivity contribution in [1.29, 1.82) is 0 Å². The largest absolute Gasteiger partial charge is 0.481 e. The van der Waals surface area contributed by atoms with Crippen LogP contribution in [0, 0.1) is 0 Å². The summed E-state index contributed by atoms with van der Waals surface area (Å²) >= 11 is 5.80. The van der Waals surface area contributed by atoms with Gasteiger partial charge in [0, 0.05) is 23.2 Å². The highest BCUT2D eigenvalue weighted by molar-refractivity contribution is 7.89. The van der Waals surface area contributed by atoms with E-state index in [4.69, 9.17) is 16.7 Å². The molecule has 2 N–H and O–H groups in total. The van der Waals surface area contributed by atoms with E-state index in [0.717, 1.165) is 5.56 Å². The zero-order valence-electron chi connectivity index (χ0n) is 15.0. The van der Waals surface area contributed by atoms with E-state index >= 15 is 0 Å². The summed E-state index contributed by atoms with van der Waals surface area (Å²) < 4.78 is 26.5. The molecule has 0 aromatic heterocycles. The lowest BCUT2D eigenvalue weighted by atomic mass is 10.0. The van der Waals surface area contributed by atoms with Crippen LogP contribution in [0.25, 0.3) is 6.08 Å². The maximum atomic E-state index is 12.1. The molecule has 0 amide bonds. The summed E-state index contributed by atoms with van der Waals surface area (Å²) in [6.07, 6.45) is 3.01. The van der Waals surface area contributed by atoms with E-state index in [0.29, 0.717) is 22.6 Å². The molecule has 0 saturated carbocycles. The number of carboxylic acid groups (broad SMARTS) is 1. The van der Waals surface area contributed by atoms with Crippen LogP contribution in [0.4, 0.5) is 0 Å². The predicted molar refractivity (Wildman–Crippen MR) is 109 cm³/mol. The lowest BCUT2D eigenvalue weighted by Gasteiger charge is -2.05. The molecule has 0 spiro atoms. The molecule has 0 bridgehead atoms. The van der Waals surface area contributed by atoms with Crippen LogP contribution in [-0.4, -0.2) is 31.0 Å². The van der Waals surface area contributed by atoms with E-state index in [1.807, 2.05) is 0 Å². The molecular formula is C20H20ClNO5S. The number of hydrogen-bond acceptors (Lipinski definition) is 4. The van der Waals surface area contributed by atoms with Crippen molar-refractivity contribution >= 4 is 39.5 Å². The molecule has 28 heavy (non-hydrogen) atoms. The molecule has 2 aromatic rings. The van der Waals surface area contributed by atoms with Crippen LogP contribution in [0.1, 0.15) is 34.3 Å². The summed E-state index contributed by atoms with van der Waals surface area (Å²) in [5, 5.41) is 9.21. The first kappa shape index (κ1) is 21.7. The van der Waals surface area contributed by atoms with Crippen LogP contribution in [0.15, 0.2) is 54.7 Å². The molecule has 0 saturated heterocycles. The second kappa shape index (κ2) is 10.1. The van der Waals surface area contributed by atoms with Gasteiger partial charge >= 0.3 is 5.97 Å². The van der Waals surface area contributed by atoms with Crippen molar-refractivity contribution in [2.45, 2.75) is 19.3 Å². The fourth-order valence-corrected chi connectivity index (χ4v) is 3.36. The average molecular weight is 422 g/mol. The standard InChI is InChI=1S/C20H20ClNO5S/c21-18-7-3-16(4-8-18)12-14-28(26,27)22-13-11-15-1-5-17(6-2-15)19(23)9-10-20(24)25/h1-8,11,13,22H,9-10,12,14H2,(H,24,25). The van der Waals surface area contributed by atoms with Gasteiger partial charge in [-0.1, -0.05) is 48.0 Å². The number of aryl methyl sites for hydroxylation is 1. The first-order chi connectivity index (χ1) is 13.2. The summed E-state index contributed by atoms with van der Waals surface area (Å²) in [5.41, 5.74) is 2.00. The Balaban J connectivity index is 1.86. The van der Waals surface area contributed by atoms with Gasteiger partial charge < -0.3 is 5.11 Å². The number of ketones is 1. The molecule has 2 aromatic carbocycles. The molecule has 0 fully saturated rings.